The first-order valence-electron chi connectivity index (χ1n) is 7.09. The van der Waals surface area contributed by atoms with Gasteiger partial charge in [-0.1, -0.05) is 23.4 Å². The van der Waals surface area contributed by atoms with Crippen LogP contribution in [0.2, 0.25) is 0 Å². The second kappa shape index (κ2) is 5.07. The molecule has 0 N–H and O–H groups in total. The van der Waals surface area contributed by atoms with Crippen LogP contribution in [-0.2, 0) is 6.54 Å². The van der Waals surface area contributed by atoms with Gasteiger partial charge >= 0.3 is 0 Å². The Morgan fingerprint density at radius 3 is 2.83 bits per heavy atom. The minimum Gasteiger partial charge on any atom is -0.322 e. The number of hydrogen-bond acceptors (Lipinski definition) is 4. The van der Waals surface area contributed by atoms with Crippen LogP contribution >= 0.6 is 0 Å². The van der Waals surface area contributed by atoms with Crippen LogP contribution in [0.3, 0.4) is 0 Å². The third-order valence-electron chi connectivity index (χ3n) is 3.82. The van der Waals surface area contributed by atoms with Gasteiger partial charge in [0.05, 0.1) is 23.0 Å². The molecule has 3 heterocycles. The van der Waals surface area contributed by atoms with Gasteiger partial charge in [0.1, 0.15) is 11.6 Å². The van der Waals surface area contributed by atoms with Crippen molar-refractivity contribution >= 4 is 16.4 Å². The number of fused-ring (bicyclic) bond motifs is 2. The summed E-state index contributed by atoms with van der Waals surface area (Å²) in [4.78, 5) is 12.5. The van der Waals surface area contributed by atoms with E-state index in [9.17, 15) is 10.1 Å². The fourth-order valence-electron chi connectivity index (χ4n) is 2.71. The van der Waals surface area contributed by atoms with Crippen molar-refractivity contribution in [1.82, 2.24) is 19.4 Å². The summed E-state index contributed by atoms with van der Waals surface area (Å²) in [6.45, 7) is 0.210. The molecular formula is C17H11N5O. The summed E-state index contributed by atoms with van der Waals surface area (Å²) < 4.78 is 3.16. The number of hydrogen-bond donors (Lipinski definition) is 0. The lowest BCUT2D eigenvalue weighted by atomic mass is 10.2. The Hall–Kier alpha value is -3.46. The fourth-order valence-corrected chi connectivity index (χ4v) is 2.71. The lowest BCUT2D eigenvalue weighted by Crippen LogP contribution is -2.24. The fraction of sp³-hybridized carbons (Fsp3) is 0.0588. The average Bonchev–Trinajstić information content (AvgIpc) is 2.94. The molecule has 6 heteroatoms. The number of rotatable bonds is 2. The zero-order valence-electron chi connectivity index (χ0n) is 12.0. The largest absolute Gasteiger partial charge is 0.322 e. The molecule has 0 aliphatic heterocycles. The highest BCUT2D eigenvalue weighted by Gasteiger charge is 2.13. The minimum absolute atomic E-state index is 0.210. The molecule has 0 bridgehead atoms. The van der Waals surface area contributed by atoms with Crippen molar-refractivity contribution in [2.24, 2.45) is 0 Å². The second-order valence-corrected chi connectivity index (χ2v) is 5.20. The molecule has 4 rings (SSSR count). The van der Waals surface area contributed by atoms with Gasteiger partial charge in [0, 0.05) is 18.0 Å². The first-order chi connectivity index (χ1) is 11.3. The standard InChI is InChI=1S/C17H11N5O/c18-9-14-12(10-21-8-4-3-7-16(14)21)11-22-17(23)13-5-1-2-6-15(13)19-20-22/h1-8,10H,11H2. The lowest BCUT2D eigenvalue weighted by molar-refractivity contribution is 0.600. The lowest BCUT2D eigenvalue weighted by Gasteiger charge is -2.03. The maximum Gasteiger partial charge on any atom is 0.277 e. The van der Waals surface area contributed by atoms with Crippen LogP contribution in [0.4, 0.5) is 0 Å². The van der Waals surface area contributed by atoms with Gasteiger partial charge in [-0.2, -0.15) is 5.26 Å². The van der Waals surface area contributed by atoms with Crippen LogP contribution in [0.5, 0.6) is 0 Å². The summed E-state index contributed by atoms with van der Waals surface area (Å²) in [6.07, 6.45) is 3.71. The van der Waals surface area contributed by atoms with E-state index in [-0.39, 0.29) is 12.1 Å². The predicted molar refractivity (Wildman–Crippen MR) is 85.0 cm³/mol. The molecule has 0 spiro atoms. The molecule has 0 aliphatic rings. The van der Waals surface area contributed by atoms with Crippen molar-refractivity contribution in [2.45, 2.75) is 6.54 Å². The molecule has 0 unspecified atom stereocenters. The van der Waals surface area contributed by atoms with Gasteiger partial charge in [-0.25, -0.2) is 4.68 Å². The van der Waals surface area contributed by atoms with Crippen molar-refractivity contribution in [3.05, 3.63) is 76.3 Å². The summed E-state index contributed by atoms with van der Waals surface area (Å²) in [5.74, 6) is 0. The van der Waals surface area contributed by atoms with Crippen molar-refractivity contribution in [2.75, 3.05) is 0 Å². The normalized spacial score (nSPS) is 10.9. The van der Waals surface area contributed by atoms with E-state index in [4.69, 9.17) is 0 Å². The zero-order chi connectivity index (χ0) is 15.8. The van der Waals surface area contributed by atoms with Gasteiger partial charge in [-0.05, 0) is 24.3 Å². The molecule has 6 nitrogen and oxygen atoms in total. The molecule has 3 aromatic heterocycles. The highest BCUT2D eigenvalue weighted by molar-refractivity contribution is 5.76. The molecule has 4 aromatic rings. The molecule has 0 saturated heterocycles. The third kappa shape index (κ3) is 2.07. The molecule has 0 amide bonds. The number of pyridine rings is 1. The summed E-state index contributed by atoms with van der Waals surface area (Å²) in [5, 5.41) is 18.0. The first kappa shape index (κ1) is 13.2. The number of nitriles is 1. The molecular weight excluding hydrogens is 290 g/mol. The van der Waals surface area contributed by atoms with E-state index in [1.54, 1.807) is 18.2 Å². The van der Waals surface area contributed by atoms with Gasteiger partial charge in [0.15, 0.2) is 0 Å². The van der Waals surface area contributed by atoms with Crippen molar-refractivity contribution in [1.29, 1.82) is 5.26 Å². The van der Waals surface area contributed by atoms with Crippen LogP contribution < -0.4 is 5.56 Å². The summed E-state index contributed by atoms with van der Waals surface area (Å²) in [6, 6.07) is 14.9. The Morgan fingerprint density at radius 1 is 1.13 bits per heavy atom. The Bertz CT molecular complexity index is 1130. The summed E-state index contributed by atoms with van der Waals surface area (Å²) in [7, 11) is 0. The molecule has 0 atom stereocenters. The second-order valence-electron chi connectivity index (χ2n) is 5.20. The number of benzene rings is 1. The SMILES string of the molecule is N#Cc1c(Cn2nnc3ccccc3c2=O)cn2ccccc12. The average molecular weight is 301 g/mol. The van der Waals surface area contributed by atoms with Crippen LogP contribution in [0.1, 0.15) is 11.1 Å². The molecule has 23 heavy (non-hydrogen) atoms. The smallest absolute Gasteiger partial charge is 0.277 e. The molecule has 0 fully saturated rings. The summed E-state index contributed by atoms with van der Waals surface area (Å²) in [5.41, 5.74) is 2.45. The molecule has 110 valence electrons. The van der Waals surface area contributed by atoms with Gasteiger partial charge in [0.25, 0.3) is 5.56 Å². The van der Waals surface area contributed by atoms with E-state index in [0.717, 1.165) is 11.1 Å². The van der Waals surface area contributed by atoms with E-state index in [0.29, 0.717) is 16.5 Å². The van der Waals surface area contributed by atoms with E-state index < -0.39 is 0 Å². The van der Waals surface area contributed by atoms with E-state index in [1.165, 1.54) is 4.68 Å². The Kier molecular flexibility index (Phi) is 2.91. The van der Waals surface area contributed by atoms with Crippen LogP contribution in [-0.4, -0.2) is 19.4 Å². The topological polar surface area (TPSA) is 76.0 Å². The molecule has 0 radical (unpaired) electrons. The number of nitrogens with zero attached hydrogens (tertiary/aromatic N) is 5. The van der Waals surface area contributed by atoms with Gasteiger partial charge in [-0.3, -0.25) is 4.79 Å². The first-order valence-corrected chi connectivity index (χ1v) is 7.09. The quantitative estimate of drug-likeness (QED) is 0.567. The van der Waals surface area contributed by atoms with E-state index >= 15 is 0 Å². The zero-order valence-corrected chi connectivity index (χ0v) is 12.0. The Labute approximate surface area is 130 Å². The van der Waals surface area contributed by atoms with Crippen LogP contribution in [0, 0.1) is 11.3 Å². The van der Waals surface area contributed by atoms with Crippen LogP contribution in [0.15, 0.2) is 59.7 Å². The monoisotopic (exact) mass is 301 g/mol. The summed E-state index contributed by atoms with van der Waals surface area (Å²) >= 11 is 0. The van der Waals surface area contributed by atoms with Crippen molar-refractivity contribution in [3.63, 3.8) is 0 Å². The predicted octanol–water partition coefficient (Wildman–Crippen LogP) is 1.96. The van der Waals surface area contributed by atoms with E-state index in [1.807, 2.05) is 41.1 Å². The van der Waals surface area contributed by atoms with Crippen molar-refractivity contribution in [3.8, 4) is 6.07 Å². The minimum atomic E-state index is -0.213. The van der Waals surface area contributed by atoms with E-state index in [2.05, 4.69) is 16.4 Å². The molecule has 1 aromatic carbocycles. The number of aromatic nitrogens is 4. The maximum absolute atomic E-state index is 12.5. The van der Waals surface area contributed by atoms with Gasteiger partial charge in [0.2, 0.25) is 0 Å². The molecule has 0 saturated carbocycles. The van der Waals surface area contributed by atoms with Gasteiger partial charge in [-0.15, -0.1) is 5.10 Å². The maximum atomic E-state index is 12.5. The van der Waals surface area contributed by atoms with Gasteiger partial charge < -0.3 is 4.40 Å². The Morgan fingerprint density at radius 2 is 1.96 bits per heavy atom. The van der Waals surface area contributed by atoms with Crippen LogP contribution in [0.25, 0.3) is 16.4 Å². The molecule has 0 aliphatic carbocycles. The Balaban J connectivity index is 1.87. The van der Waals surface area contributed by atoms with Crippen molar-refractivity contribution < 1.29 is 0 Å². The highest BCUT2D eigenvalue weighted by Crippen LogP contribution is 2.18. The highest BCUT2D eigenvalue weighted by atomic mass is 16.1. The third-order valence-corrected chi connectivity index (χ3v) is 3.82.